The Balaban J connectivity index is 1.07. The number of amides is 2. The minimum absolute atomic E-state index is 0.00133. The van der Waals surface area contributed by atoms with E-state index in [1.165, 1.54) is 12.3 Å². The first-order valence-electron chi connectivity index (χ1n) is 14.3. The highest BCUT2D eigenvalue weighted by atomic mass is 35.5. The number of aromatic nitrogens is 3. The maximum atomic E-state index is 13.5. The van der Waals surface area contributed by atoms with Crippen LogP contribution in [0, 0.1) is 0 Å². The number of fused-ring (bicyclic) bond motifs is 1. The molecule has 45 heavy (non-hydrogen) atoms. The molecule has 5 aromatic rings. The predicted octanol–water partition coefficient (Wildman–Crippen LogP) is 6.29. The smallest absolute Gasteiger partial charge is 0.270 e. The van der Waals surface area contributed by atoms with Gasteiger partial charge in [0.1, 0.15) is 17.2 Å². The summed E-state index contributed by atoms with van der Waals surface area (Å²) < 4.78 is 13.1. The summed E-state index contributed by atoms with van der Waals surface area (Å²) in [7, 11) is 3.52. The van der Waals surface area contributed by atoms with Crippen molar-refractivity contribution in [2.75, 3.05) is 38.6 Å². The Hall–Kier alpha value is -4.64. The minimum Gasteiger partial charge on any atom is -0.495 e. The lowest BCUT2D eigenvalue weighted by molar-refractivity contribution is 0.0618. The van der Waals surface area contributed by atoms with Crippen molar-refractivity contribution < 1.29 is 19.1 Å². The molecular weight excluding hydrogens is 615 g/mol. The molecule has 1 aliphatic rings. The molecule has 230 valence electrons. The van der Waals surface area contributed by atoms with E-state index in [2.05, 4.69) is 20.2 Å². The summed E-state index contributed by atoms with van der Waals surface area (Å²) in [5.41, 5.74) is 3.39. The number of nitrogens with zero attached hydrogens (tertiary/aromatic N) is 5. The summed E-state index contributed by atoms with van der Waals surface area (Å²) in [4.78, 5) is 39.0. The lowest BCUT2D eigenvalue weighted by Crippen LogP contribution is -2.48. The lowest BCUT2D eigenvalue weighted by atomic mass is 10.2. The Bertz CT molecular complexity index is 1850. The Labute approximate surface area is 270 Å². The Kier molecular flexibility index (Phi) is 8.88. The SMILES string of the molecule is COc1ccc(CN2CCN(C(=O)c3cc4cc(Oc5ccc(NC(=O)c6ccc(Cl)c(Cl)c6)cn5)ccc4n3C)CC2)nc1. The van der Waals surface area contributed by atoms with Gasteiger partial charge < -0.3 is 24.3 Å². The van der Waals surface area contributed by atoms with E-state index in [-0.39, 0.29) is 11.8 Å². The average Bonchev–Trinajstić information content (AvgIpc) is 3.38. The molecule has 0 radical (unpaired) electrons. The predicted molar refractivity (Wildman–Crippen MR) is 174 cm³/mol. The molecule has 3 aromatic heterocycles. The van der Waals surface area contributed by atoms with Crippen LogP contribution in [0.1, 0.15) is 26.5 Å². The van der Waals surface area contributed by atoms with Gasteiger partial charge in [-0.05, 0) is 60.7 Å². The Morgan fingerprint density at radius 1 is 0.867 bits per heavy atom. The van der Waals surface area contributed by atoms with Crippen LogP contribution in [0.3, 0.4) is 0 Å². The maximum absolute atomic E-state index is 13.5. The number of ether oxygens (including phenoxy) is 2. The van der Waals surface area contributed by atoms with Gasteiger partial charge in [-0.25, -0.2) is 4.98 Å². The number of anilines is 1. The number of halogens is 2. The molecule has 2 aromatic carbocycles. The second-order valence-electron chi connectivity index (χ2n) is 10.6. The zero-order valence-corrected chi connectivity index (χ0v) is 26.2. The second kappa shape index (κ2) is 13.2. The molecular formula is C33H30Cl2N6O4. The molecule has 12 heteroatoms. The van der Waals surface area contributed by atoms with Crippen LogP contribution in [0.4, 0.5) is 5.69 Å². The molecule has 2 amide bonds. The fraction of sp³-hybridized carbons (Fsp3) is 0.212. The van der Waals surface area contributed by atoms with Crippen molar-refractivity contribution >= 4 is 51.6 Å². The van der Waals surface area contributed by atoms with Crippen LogP contribution in [-0.2, 0) is 13.6 Å². The number of hydrogen-bond donors (Lipinski definition) is 1. The molecule has 1 aliphatic heterocycles. The van der Waals surface area contributed by atoms with Crippen LogP contribution < -0.4 is 14.8 Å². The summed E-state index contributed by atoms with van der Waals surface area (Å²) in [6.45, 7) is 3.55. The van der Waals surface area contributed by atoms with Crippen molar-refractivity contribution in [3.05, 3.63) is 106 Å². The molecule has 1 fully saturated rings. The standard InChI is InChI=1S/C33H30Cl2N6O4/c1-39-29-9-7-25(45-31-10-5-23(18-37-31)38-32(42)21-3-8-27(34)28(35)16-21)15-22(29)17-30(39)33(43)41-13-11-40(12-14-41)20-24-4-6-26(44-2)19-36-24/h3-10,15-19H,11-14,20H2,1-2H3,(H,38,42). The van der Waals surface area contributed by atoms with E-state index in [9.17, 15) is 9.59 Å². The third kappa shape index (κ3) is 6.88. The molecule has 6 rings (SSSR count). The van der Waals surface area contributed by atoms with E-state index in [4.69, 9.17) is 32.7 Å². The zero-order valence-electron chi connectivity index (χ0n) is 24.7. The van der Waals surface area contributed by atoms with Gasteiger partial charge in [0.2, 0.25) is 5.88 Å². The van der Waals surface area contributed by atoms with Gasteiger partial charge in [0.15, 0.2) is 0 Å². The van der Waals surface area contributed by atoms with Gasteiger partial charge in [-0.3, -0.25) is 19.5 Å². The summed E-state index contributed by atoms with van der Waals surface area (Å²) in [6.07, 6.45) is 3.23. The zero-order chi connectivity index (χ0) is 31.5. The summed E-state index contributed by atoms with van der Waals surface area (Å²) >= 11 is 12.0. The van der Waals surface area contributed by atoms with Gasteiger partial charge in [-0.15, -0.1) is 0 Å². The van der Waals surface area contributed by atoms with Gasteiger partial charge in [0, 0.05) is 62.3 Å². The molecule has 0 unspecified atom stereocenters. The second-order valence-corrected chi connectivity index (χ2v) is 11.5. The first-order valence-corrected chi connectivity index (χ1v) is 15.0. The Morgan fingerprint density at radius 3 is 2.36 bits per heavy atom. The number of rotatable bonds is 8. The number of nitrogens with one attached hydrogen (secondary N) is 1. The van der Waals surface area contributed by atoms with Crippen LogP contribution in [0.15, 0.2) is 79.1 Å². The maximum Gasteiger partial charge on any atom is 0.270 e. The normalized spacial score (nSPS) is 13.6. The molecule has 0 bridgehead atoms. The number of carbonyl (C=O) groups is 2. The Morgan fingerprint density at radius 2 is 1.67 bits per heavy atom. The number of carbonyl (C=O) groups excluding carboxylic acids is 2. The fourth-order valence-electron chi connectivity index (χ4n) is 5.20. The number of methoxy groups -OCH3 is 1. The largest absolute Gasteiger partial charge is 0.495 e. The van der Waals surface area contributed by atoms with Gasteiger partial charge >= 0.3 is 0 Å². The highest BCUT2D eigenvalue weighted by molar-refractivity contribution is 6.42. The third-order valence-corrected chi connectivity index (χ3v) is 8.45. The van der Waals surface area contributed by atoms with Crippen LogP contribution in [-0.4, -0.2) is 69.4 Å². The first kappa shape index (κ1) is 30.4. The van der Waals surface area contributed by atoms with Crippen molar-refractivity contribution in [2.45, 2.75) is 6.54 Å². The van der Waals surface area contributed by atoms with Crippen LogP contribution in [0.2, 0.25) is 10.0 Å². The van der Waals surface area contributed by atoms with Gasteiger partial charge in [0.25, 0.3) is 11.8 Å². The van der Waals surface area contributed by atoms with Crippen molar-refractivity contribution in [3.63, 3.8) is 0 Å². The molecule has 0 spiro atoms. The van der Waals surface area contributed by atoms with E-state index in [1.54, 1.807) is 37.6 Å². The monoisotopic (exact) mass is 644 g/mol. The number of pyridine rings is 2. The van der Waals surface area contributed by atoms with E-state index >= 15 is 0 Å². The number of piperazine rings is 1. The quantitative estimate of drug-likeness (QED) is 0.212. The number of hydrogen-bond acceptors (Lipinski definition) is 7. The highest BCUT2D eigenvalue weighted by Crippen LogP contribution is 2.28. The van der Waals surface area contributed by atoms with Crippen LogP contribution in [0.25, 0.3) is 10.9 Å². The average molecular weight is 646 g/mol. The van der Waals surface area contributed by atoms with Crippen molar-refractivity contribution in [1.29, 1.82) is 0 Å². The number of aryl methyl sites for hydroxylation is 1. The number of benzene rings is 2. The molecule has 0 atom stereocenters. The molecule has 0 aliphatic carbocycles. The first-order chi connectivity index (χ1) is 21.8. The molecule has 0 saturated carbocycles. The fourth-order valence-corrected chi connectivity index (χ4v) is 5.50. The molecule has 4 heterocycles. The summed E-state index contributed by atoms with van der Waals surface area (Å²) in [5, 5.41) is 4.34. The molecule has 1 saturated heterocycles. The lowest BCUT2D eigenvalue weighted by Gasteiger charge is -2.34. The third-order valence-electron chi connectivity index (χ3n) is 7.71. The molecule has 1 N–H and O–H groups in total. The summed E-state index contributed by atoms with van der Waals surface area (Å²) in [5.74, 6) is 1.33. The van der Waals surface area contributed by atoms with E-state index in [1.807, 2.05) is 52.9 Å². The van der Waals surface area contributed by atoms with Crippen LogP contribution >= 0.6 is 23.2 Å². The highest BCUT2D eigenvalue weighted by Gasteiger charge is 2.25. The van der Waals surface area contributed by atoms with Crippen molar-refractivity contribution in [2.24, 2.45) is 7.05 Å². The summed E-state index contributed by atoms with van der Waals surface area (Å²) in [6, 6.07) is 19.5. The van der Waals surface area contributed by atoms with E-state index < -0.39 is 0 Å². The van der Waals surface area contributed by atoms with Crippen molar-refractivity contribution in [3.8, 4) is 17.4 Å². The topological polar surface area (TPSA) is 102 Å². The van der Waals surface area contributed by atoms with Gasteiger partial charge in [-0.2, -0.15) is 0 Å². The van der Waals surface area contributed by atoms with Gasteiger partial charge in [0.05, 0.1) is 40.9 Å². The minimum atomic E-state index is -0.336. The van der Waals surface area contributed by atoms with E-state index in [0.717, 1.165) is 42.0 Å². The van der Waals surface area contributed by atoms with Gasteiger partial charge in [-0.1, -0.05) is 23.2 Å². The van der Waals surface area contributed by atoms with Crippen LogP contribution in [0.5, 0.6) is 17.4 Å². The molecule has 10 nitrogen and oxygen atoms in total. The van der Waals surface area contributed by atoms with Crippen molar-refractivity contribution in [1.82, 2.24) is 24.3 Å². The van der Waals surface area contributed by atoms with E-state index in [0.29, 0.717) is 51.7 Å².